The lowest BCUT2D eigenvalue weighted by Crippen LogP contribution is -2.44. The van der Waals surface area contributed by atoms with Gasteiger partial charge in [0.15, 0.2) is 0 Å². The molecule has 2 nitrogen and oxygen atoms in total. The first-order valence-corrected chi connectivity index (χ1v) is 7.70. The highest BCUT2D eigenvalue weighted by atomic mass is 16.5. The van der Waals surface area contributed by atoms with Crippen molar-refractivity contribution in [3.8, 4) is 5.75 Å². The van der Waals surface area contributed by atoms with Gasteiger partial charge in [-0.2, -0.15) is 0 Å². The number of ether oxygens (including phenoxy) is 1. The highest BCUT2D eigenvalue weighted by Gasteiger charge is 2.18. The van der Waals surface area contributed by atoms with Gasteiger partial charge in [-0.15, -0.1) is 0 Å². The monoisotopic (exact) mass is 277 g/mol. The molecule has 0 aromatic heterocycles. The molecule has 0 fully saturated rings. The zero-order valence-electron chi connectivity index (χ0n) is 14.2. The van der Waals surface area contributed by atoms with E-state index < -0.39 is 0 Å². The van der Waals surface area contributed by atoms with Crippen LogP contribution >= 0.6 is 0 Å². The summed E-state index contributed by atoms with van der Waals surface area (Å²) < 4.78 is 6.14. The zero-order chi connectivity index (χ0) is 15.3. The van der Waals surface area contributed by atoms with Gasteiger partial charge in [0.1, 0.15) is 11.9 Å². The molecule has 1 atom stereocenters. The van der Waals surface area contributed by atoms with Crippen LogP contribution in [0.15, 0.2) is 24.3 Å². The molecule has 0 aliphatic rings. The molecule has 0 spiro atoms. The van der Waals surface area contributed by atoms with Crippen molar-refractivity contribution in [1.29, 1.82) is 0 Å². The van der Waals surface area contributed by atoms with Crippen LogP contribution in [0.25, 0.3) is 0 Å². The fourth-order valence-electron chi connectivity index (χ4n) is 1.93. The molecule has 0 saturated heterocycles. The SMILES string of the molecule is CC(C)c1ccc(OC(CNC(C)(C)C)C(C)C)cc1. The summed E-state index contributed by atoms with van der Waals surface area (Å²) >= 11 is 0. The minimum Gasteiger partial charge on any atom is -0.489 e. The minimum atomic E-state index is 0.123. The van der Waals surface area contributed by atoms with Gasteiger partial charge in [-0.1, -0.05) is 39.8 Å². The van der Waals surface area contributed by atoms with Gasteiger partial charge >= 0.3 is 0 Å². The van der Waals surface area contributed by atoms with E-state index in [4.69, 9.17) is 4.74 Å². The van der Waals surface area contributed by atoms with E-state index >= 15 is 0 Å². The van der Waals surface area contributed by atoms with Gasteiger partial charge < -0.3 is 10.1 Å². The van der Waals surface area contributed by atoms with Gasteiger partial charge in [-0.3, -0.25) is 0 Å². The molecule has 1 aromatic rings. The molecule has 20 heavy (non-hydrogen) atoms. The largest absolute Gasteiger partial charge is 0.489 e. The molecule has 114 valence electrons. The van der Waals surface area contributed by atoms with Gasteiger partial charge in [0.05, 0.1) is 0 Å². The Morgan fingerprint density at radius 2 is 1.55 bits per heavy atom. The Hall–Kier alpha value is -1.02. The predicted molar refractivity (Wildman–Crippen MR) is 87.5 cm³/mol. The number of benzene rings is 1. The molecular weight excluding hydrogens is 246 g/mol. The van der Waals surface area contributed by atoms with Crippen molar-refractivity contribution in [3.05, 3.63) is 29.8 Å². The molecule has 0 saturated carbocycles. The molecular formula is C18H31NO. The minimum absolute atomic E-state index is 0.123. The standard InChI is InChI=1S/C18H31NO/c1-13(2)15-8-10-16(11-9-15)20-17(14(3)4)12-19-18(5,6)7/h8-11,13-14,17,19H,12H2,1-7H3. The lowest BCUT2D eigenvalue weighted by Gasteiger charge is -2.28. The third-order valence-electron chi connectivity index (χ3n) is 3.41. The summed E-state index contributed by atoms with van der Waals surface area (Å²) in [6, 6.07) is 8.49. The average Bonchev–Trinajstić information content (AvgIpc) is 2.33. The molecule has 0 amide bonds. The second-order valence-corrected chi connectivity index (χ2v) is 7.25. The van der Waals surface area contributed by atoms with Crippen LogP contribution < -0.4 is 10.1 Å². The Morgan fingerprint density at radius 3 is 1.95 bits per heavy atom. The molecule has 1 rings (SSSR count). The van der Waals surface area contributed by atoms with Gasteiger partial charge in [0.2, 0.25) is 0 Å². The topological polar surface area (TPSA) is 21.3 Å². The average molecular weight is 277 g/mol. The molecule has 0 aliphatic heterocycles. The Labute approximate surface area is 124 Å². The second-order valence-electron chi connectivity index (χ2n) is 7.25. The Morgan fingerprint density at radius 1 is 1.00 bits per heavy atom. The van der Waals surface area contributed by atoms with Crippen molar-refractivity contribution in [2.75, 3.05) is 6.54 Å². The number of hydrogen-bond donors (Lipinski definition) is 1. The van der Waals surface area contributed by atoms with E-state index in [0.29, 0.717) is 11.8 Å². The van der Waals surface area contributed by atoms with E-state index in [2.05, 4.69) is 78.0 Å². The third kappa shape index (κ3) is 5.96. The fourth-order valence-corrected chi connectivity index (χ4v) is 1.93. The molecule has 2 heteroatoms. The molecule has 0 heterocycles. The zero-order valence-corrected chi connectivity index (χ0v) is 14.2. The molecule has 0 bridgehead atoms. The summed E-state index contributed by atoms with van der Waals surface area (Å²) in [6.07, 6.45) is 0.194. The molecule has 1 unspecified atom stereocenters. The first-order chi connectivity index (χ1) is 9.19. The van der Waals surface area contributed by atoms with Crippen LogP contribution in [0.1, 0.15) is 59.9 Å². The van der Waals surface area contributed by atoms with Crippen molar-refractivity contribution in [2.45, 2.75) is 66.0 Å². The van der Waals surface area contributed by atoms with E-state index in [1.807, 2.05) is 0 Å². The van der Waals surface area contributed by atoms with Crippen LogP contribution in [0.4, 0.5) is 0 Å². The summed E-state index contributed by atoms with van der Waals surface area (Å²) in [4.78, 5) is 0. The smallest absolute Gasteiger partial charge is 0.119 e. The van der Waals surface area contributed by atoms with Crippen LogP contribution in [0.3, 0.4) is 0 Å². The van der Waals surface area contributed by atoms with Crippen molar-refractivity contribution in [3.63, 3.8) is 0 Å². The van der Waals surface area contributed by atoms with Crippen LogP contribution in [0.5, 0.6) is 5.75 Å². The Kier molecular flexibility index (Phi) is 6.07. The van der Waals surface area contributed by atoms with E-state index in [1.165, 1.54) is 5.56 Å². The summed E-state index contributed by atoms with van der Waals surface area (Å²) in [5, 5.41) is 3.53. The van der Waals surface area contributed by atoms with Crippen LogP contribution in [0, 0.1) is 5.92 Å². The fraction of sp³-hybridized carbons (Fsp3) is 0.667. The van der Waals surface area contributed by atoms with Crippen LogP contribution in [-0.2, 0) is 0 Å². The highest BCUT2D eigenvalue weighted by molar-refractivity contribution is 5.29. The lowest BCUT2D eigenvalue weighted by atomic mass is 10.0. The van der Waals surface area contributed by atoms with Crippen LogP contribution in [0.2, 0.25) is 0 Å². The van der Waals surface area contributed by atoms with E-state index in [1.54, 1.807) is 0 Å². The second kappa shape index (κ2) is 7.12. The third-order valence-corrected chi connectivity index (χ3v) is 3.41. The van der Waals surface area contributed by atoms with Gasteiger partial charge in [-0.25, -0.2) is 0 Å². The normalized spacial score (nSPS) is 13.8. The maximum atomic E-state index is 6.14. The highest BCUT2D eigenvalue weighted by Crippen LogP contribution is 2.21. The Bertz CT molecular complexity index is 387. The number of nitrogens with one attached hydrogen (secondary N) is 1. The maximum absolute atomic E-state index is 6.14. The molecule has 0 aliphatic carbocycles. The van der Waals surface area contributed by atoms with Gasteiger partial charge in [0.25, 0.3) is 0 Å². The van der Waals surface area contributed by atoms with E-state index in [-0.39, 0.29) is 11.6 Å². The quantitative estimate of drug-likeness (QED) is 0.820. The van der Waals surface area contributed by atoms with Crippen molar-refractivity contribution >= 4 is 0 Å². The summed E-state index contributed by atoms with van der Waals surface area (Å²) in [6.45, 7) is 16.2. The first-order valence-electron chi connectivity index (χ1n) is 7.70. The van der Waals surface area contributed by atoms with Crippen LogP contribution in [-0.4, -0.2) is 18.2 Å². The first kappa shape index (κ1) is 17.0. The molecule has 1 aromatic carbocycles. The Balaban J connectivity index is 2.65. The van der Waals surface area contributed by atoms with Gasteiger partial charge in [0, 0.05) is 12.1 Å². The van der Waals surface area contributed by atoms with Crippen molar-refractivity contribution in [2.24, 2.45) is 5.92 Å². The van der Waals surface area contributed by atoms with E-state index in [0.717, 1.165) is 12.3 Å². The molecule has 0 radical (unpaired) electrons. The van der Waals surface area contributed by atoms with Crippen molar-refractivity contribution < 1.29 is 4.74 Å². The lowest BCUT2D eigenvalue weighted by molar-refractivity contribution is 0.139. The number of rotatable bonds is 6. The van der Waals surface area contributed by atoms with Crippen molar-refractivity contribution in [1.82, 2.24) is 5.32 Å². The predicted octanol–water partition coefficient (Wildman–Crippen LogP) is 4.60. The summed E-state index contributed by atoms with van der Waals surface area (Å²) in [7, 11) is 0. The van der Waals surface area contributed by atoms with Gasteiger partial charge in [-0.05, 0) is 50.3 Å². The van der Waals surface area contributed by atoms with E-state index in [9.17, 15) is 0 Å². The maximum Gasteiger partial charge on any atom is 0.119 e. The summed E-state index contributed by atoms with van der Waals surface area (Å²) in [5.41, 5.74) is 1.48. The summed E-state index contributed by atoms with van der Waals surface area (Å²) in [5.74, 6) is 2.01. The number of hydrogen-bond acceptors (Lipinski definition) is 2. The molecule has 1 N–H and O–H groups in total.